The number of hydrogen-bond donors (Lipinski definition) is 1. The second-order valence-corrected chi connectivity index (χ2v) is 6.68. The molecule has 1 amide bonds. The third-order valence-corrected chi connectivity index (χ3v) is 4.82. The summed E-state index contributed by atoms with van der Waals surface area (Å²) in [5.41, 5.74) is 2.40. The number of amides is 1. The van der Waals surface area contributed by atoms with E-state index >= 15 is 0 Å². The van der Waals surface area contributed by atoms with Crippen molar-refractivity contribution in [2.45, 2.75) is 31.4 Å². The van der Waals surface area contributed by atoms with E-state index in [4.69, 9.17) is 14.2 Å². The topological polar surface area (TPSA) is 73.9 Å². The Morgan fingerprint density at radius 1 is 1.07 bits per heavy atom. The first-order valence-electron chi connectivity index (χ1n) is 9.13. The van der Waals surface area contributed by atoms with Crippen LogP contribution in [0.5, 0.6) is 11.5 Å². The van der Waals surface area contributed by atoms with Gasteiger partial charge in [-0.3, -0.25) is 4.79 Å². The monoisotopic (exact) mass is 367 g/mol. The number of nitrogens with one attached hydrogen (secondary N) is 1. The molecule has 2 aromatic carbocycles. The zero-order chi connectivity index (χ0) is 18.6. The van der Waals surface area contributed by atoms with Crippen LogP contribution in [-0.2, 0) is 20.7 Å². The average Bonchev–Trinajstić information content (AvgIpc) is 2.72. The molecule has 4 rings (SSSR count). The van der Waals surface area contributed by atoms with Crippen LogP contribution < -0.4 is 14.8 Å². The second-order valence-electron chi connectivity index (χ2n) is 6.68. The molecule has 1 N–H and O–H groups in total. The number of hydrogen-bond acceptors (Lipinski definition) is 5. The van der Waals surface area contributed by atoms with Crippen LogP contribution in [0.1, 0.15) is 30.0 Å². The Hall–Kier alpha value is -3.02. The lowest BCUT2D eigenvalue weighted by Crippen LogP contribution is -2.40. The molecule has 0 unspecified atom stereocenters. The van der Waals surface area contributed by atoms with Crippen molar-refractivity contribution in [1.82, 2.24) is 5.32 Å². The Morgan fingerprint density at radius 3 is 2.74 bits per heavy atom. The number of fused-ring (bicyclic) bond motifs is 2. The molecule has 0 radical (unpaired) electrons. The Kier molecular flexibility index (Phi) is 4.96. The van der Waals surface area contributed by atoms with Gasteiger partial charge in [0, 0.05) is 0 Å². The fraction of sp³-hybridized carbons (Fsp3) is 0.333. The van der Waals surface area contributed by atoms with Gasteiger partial charge in [0.1, 0.15) is 6.61 Å². The lowest BCUT2D eigenvalue weighted by molar-refractivity contribution is -0.157. The number of carbonyl (C=O) groups is 2. The summed E-state index contributed by atoms with van der Waals surface area (Å²) in [4.78, 5) is 24.4. The first kappa shape index (κ1) is 17.4. The van der Waals surface area contributed by atoms with Gasteiger partial charge in [-0.05, 0) is 42.5 Å². The van der Waals surface area contributed by atoms with Crippen molar-refractivity contribution >= 4 is 11.9 Å². The summed E-state index contributed by atoms with van der Waals surface area (Å²) in [7, 11) is 0. The van der Waals surface area contributed by atoms with Crippen molar-refractivity contribution in [2.24, 2.45) is 0 Å². The first-order valence-corrected chi connectivity index (χ1v) is 9.13. The van der Waals surface area contributed by atoms with E-state index in [0.29, 0.717) is 11.5 Å². The lowest BCUT2D eigenvalue weighted by atomic mass is 9.88. The van der Waals surface area contributed by atoms with Crippen LogP contribution in [0.3, 0.4) is 0 Å². The molecule has 0 spiro atoms. The molecule has 0 fully saturated rings. The molecule has 2 atom stereocenters. The van der Waals surface area contributed by atoms with Crippen molar-refractivity contribution in [3.63, 3.8) is 0 Å². The molecule has 1 heterocycles. The SMILES string of the molecule is O=C(COC(=O)[C@@H]1COc2ccccc2O1)N[C@@H]1CCCc2ccccc21. The number of rotatable bonds is 4. The molecule has 2 aromatic rings. The molecule has 1 aliphatic carbocycles. The van der Waals surface area contributed by atoms with Gasteiger partial charge in [0.05, 0.1) is 6.04 Å². The van der Waals surface area contributed by atoms with Crippen molar-refractivity contribution in [1.29, 1.82) is 0 Å². The predicted molar refractivity (Wildman–Crippen MR) is 97.6 cm³/mol. The van der Waals surface area contributed by atoms with E-state index in [9.17, 15) is 9.59 Å². The van der Waals surface area contributed by atoms with Crippen molar-refractivity contribution in [3.05, 3.63) is 59.7 Å². The summed E-state index contributed by atoms with van der Waals surface area (Å²) in [6, 6.07) is 15.2. The minimum atomic E-state index is -0.872. The summed E-state index contributed by atoms with van der Waals surface area (Å²) in [6.07, 6.45) is 2.06. The van der Waals surface area contributed by atoms with Crippen LogP contribution in [0.4, 0.5) is 0 Å². The third-order valence-electron chi connectivity index (χ3n) is 4.82. The van der Waals surface area contributed by atoms with Crippen molar-refractivity contribution in [3.8, 4) is 11.5 Å². The zero-order valence-corrected chi connectivity index (χ0v) is 14.9. The smallest absolute Gasteiger partial charge is 0.351 e. The minimum absolute atomic E-state index is 0.0395. The minimum Gasteiger partial charge on any atom is -0.485 e. The molecule has 6 heteroatoms. The Morgan fingerprint density at radius 2 is 1.85 bits per heavy atom. The fourth-order valence-electron chi connectivity index (χ4n) is 3.51. The number of ether oxygens (including phenoxy) is 3. The van der Waals surface area contributed by atoms with E-state index in [2.05, 4.69) is 11.4 Å². The van der Waals surface area contributed by atoms with Crippen LogP contribution in [0.25, 0.3) is 0 Å². The standard InChI is InChI=1S/C21H21NO5/c23-20(22-16-9-5-7-14-6-1-2-8-15(14)16)13-26-21(24)19-12-25-17-10-3-4-11-18(17)27-19/h1-4,6,8,10-11,16,19H,5,7,9,12-13H2,(H,22,23)/t16-,19+/m1/s1. The fourth-order valence-corrected chi connectivity index (χ4v) is 3.51. The van der Waals surface area contributed by atoms with Crippen molar-refractivity contribution in [2.75, 3.05) is 13.2 Å². The van der Waals surface area contributed by atoms with E-state index in [1.807, 2.05) is 24.3 Å². The predicted octanol–water partition coefficient (Wildman–Crippen LogP) is 2.56. The highest BCUT2D eigenvalue weighted by Gasteiger charge is 2.29. The maximum Gasteiger partial charge on any atom is 0.351 e. The summed E-state index contributed by atoms with van der Waals surface area (Å²) < 4.78 is 16.2. The molecular weight excluding hydrogens is 346 g/mol. The Balaban J connectivity index is 1.29. The molecule has 27 heavy (non-hydrogen) atoms. The second kappa shape index (κ2) is 7.70. The van der Waals surface area contributed by atoms with Gasteiger partial charge in [-0.15, -0.1) is 0 Å². The van der Waals surface area contributed by atoms with Gasteiger partial charge in [0.25, 0.3) is 5.91 Å². The van der Waals surface area contributed by atoms with Gasteiger partial charge in [-0.25, -0.2) is 4.79 Å². The van der Waals surface area contributed by atoms with Gasteiger partial charge >= 0.3 is 5.97 Å². The maximum atomic E-state index is 12.2. The highest BCUT2D eigenvalue weighted by Crippen LogP contribution is 2.31. The molecule has 2 aliphatic rings. The third kappa shape index (κ3) is 3.89. The summed E-state index contributed by atoms with van der Waals surface area (Å²) >= 11 is 0. The van der Waals surface area contributed by atoms with Gasteiger partial charge in [-0.2, -0.15) is 0 Å². The quantitative estimate of drug-likeness (QED) is 0.841. The summed E-state index contributed by atoms with van der Waals surface area (Å²) in [5, 5.41) is 2.96. The molecule has 0 saturated carbocycles. The number of aryl methyl sites for hydroxylation is 1. The maximum absolute atomic E-state index is 12.2. The highest BCUT2D eigenvalue weighted by molar-refractivity contribution is 5.82. The molecule has 6 nitrogen and oxygen atoms in total. The van der Waals surface area contributed by atoms with Crippen LogP contribution in [0.15, 0.2) is 48.5 Å². The van der Waals surface area contributed by atoms with E-state index in [0.717, 1.165) is 24.8 Å². The van der Waals surface area contributed by atoms with E-state index in [1.165, 1.54) is 5.56 Å². The zero-order valence-electron chi connectivity index (χ0n) is 14.9. The number of benzene rings is 2. The van der Waals surface area contributed by atoms with Gasteiger partial charge in [0.15, 0.2) is 18.1 Å². The molecular formula is C21H21NO5. The van der Waals surface area contributed by atoms with E-state index in [-0.39, 0.29) is 25.2 Å². The first-order chi connectivity index (χ1) is 13.2. The summed E-state index contributed by atoms with van der Waals surface area (Å²) in [5.74, 6) is 0.162. The van der Waals surface area contributed by atoms with Gasteiger partial charge in [0.2, 0.25) is 6.10 Å². The number of carbonyl (C=O) groups excluding carboxylic acids is 2. The Bertz CT molecular complexity index is 850. The van der Waals surface area contributed by atoms with Gasteiger partial charge in [-0.1, -0.05) is 36.4 Å². The van der Waals surface area contributed by atoms with E-state index < -0.39 is 12.1 Å². The number of para-hydroxylation sites is 2. The molecule has 1 aliphatic heterocycles. The average molecular weight is 367 g/mol. The highest BCUT2D eigenvalue weighted by atomic mass is 16.6. The Labute approximate surface area is 157 Å². The normalized spacial score (nSPS) is 20.3. The summed E-state index contributed by atoms with van der Waals surface area (Å²) in [6.45, 7) is -0.271. The van der Waals surface area contributed by atoms with Crippen LogP contribution in [-0.4, -0.2) is 31.2 Å². The molecule has 140 valence electrons. The van der Waals surface area contributed by atoms with Crippen molar-refractivity contribution < 1.29 is 23.8 Å². The lowest BCUT2D eigenvalue weighted by Gasteiger charge is -2.27. The largest absolute Gasteiger partial charge is 0.485 e. The molecule has 0 aromatic heterocycles. The van der Waals surface area contributed by atoms with E-state index in [1.54, 1.807) is 18.2 Å². The van der Waals surface area contributed by atoms with Crippen LogP contribution in [0, 0.1) is 0 Å². The molecule has 0 bridgehead atoms. The molecule has 0 saturated heterocycles. The van der Waals surface area contributed by atoms with Crippen LogP contribution in [0.2, 0.25) is 0 Å². The van der Waals surface area contributed by atoms with Crippen LogP contribution >= 0.6 is 0 Å². The number of esters is 1. The van der Waals surface area contributed by atoms with Gasteiger partial charge < -0.3 is 19.5 Å².